The molecule has 0 aliphatic carbocycles. The Balaban J connectivity index is 1.36. The van der Waals surface area contributed by atoms with E-state index in [1.54, 1.807) is 0 Å². The summed E-state index contributed by atoms with van der Waals surface area (Å²) in [6, 6.07) is 19.8. The highest BCUT2D eigenvalue weighted by atomic mass is 14.3. The molecule has 11 aromatic rings. The number of fused-ring (bicyclic) bond motifs is 1. The summed E-state index contributed by atoms with van der Waals surface area (Å²) in [5, 5.41) is 6.72. The van der Waals surface area contributed by atoms with Crippen LogP contribution in [0.1, 0.15) is 0 Å². The van der Waals surface area contributed by atoms with Crippen molar-refractivity contribution in [2.24, 2.45) is 0 Å². The highest BCUT2D eigenvalue weighted by molar-refractivity contribution is 6.77. The van der Waals surface area contributed by atoms with Gasteiger partial charge in [0.15, 0.2) is 0 Å². The second kappa shape index (κ2) is 14.7. The van der Waals surface area contributed by atoms with Crippen LogP contribution in [0.25, 0.3) is 109 Å². The first kappa shape index (κ1) is 43.5. The van der Waals surface area contributed by atoms with Gasteiger partial charge in [-0.2, -0.15) is 0 Å². The largest absolute Gasteiger partial charge is 0.113 e. The molecule has 0 aliphatic heterocycles. The summed E-state index contributed by atoms with van der Waals surface area (Å²) >= 11 is 0. The molecule has 66 heavy (non-hydrogen) atoms. The molecular formula is C48H10B18. The Morgan fingerprint density at radius 3 is 0.955 bits per heavy atom. The molecule has 0 bridgehead atoms. The maximum Gasteiger partial charge on any atom is 0.113 e. The zero-order valence-corrected chi connectivity index (χ0v) is 35.2. The van der Waals surface area contributed by atoms with Gasteiger partial charge in [-0.05, 0) is 121 Å². The van der Waals surface area contributed by atoms with Crippen molar-refractivity contribution in [2.45, 2.75) is 0 Å². The predicted octanol–water partition coefficient (Wildman–Crippen LogP) is -8.08. The van der Waals surface area contributed by atoms with Gasteiger partial charge in [-0.1, -0.05) is 136 Å². The number of benzene rings is 11. The Bertz CT molecular complexity index is 4030. The van der Waals surface area contributed by atoms with Gasteiger partial charge < -0.3 is 0 Å². The summed E-state index contributed by atoms with van der Waals surface area (Å²) in [5.74, 6) is 0. The Labute approximate surface area is 406 Å². The fraction of sp³-hybridized carbons (Fsp3) is 0. The van der Waals surface area contributed by atoms with E-state index in [4.69, 9.17) is 141 Å². The topological polar surface area (TPSA) is 0 Å². The van der Waals surface area contributed by atoms with Crippen LogP contribution in [-0.4, -0.2) is 141 Å². The average molecular weight is 781 g/mol. The van der Waals surface area contributed by atoms with Crippen LogP contribution in [0, 0.1) is 0 Å². The number of hydrogen-bond donors (Lipinski definition) is 0. The van der Waals surface area contributed by atoms with E-state index < -0.39 is 0 Å². The van der Waals surface area contributed by atoms with Crippen molar-refractivity contribution in [2.75, 3.05) is 0 Å². The summed E-state index contributed by atoms with van der Waals surface area (Å²) < 4.78 is 0. The monoisotopic (exact) mass is 784 g/mol. The van der Waals surface area contributed by atoms with Gasteiger partial charge >= 0.3 is 0 Å². The molecule has 0 N–H and O–H groups in total. The lowest BCUT2D eigenvalue weighted by atomic mass is 9.58. The first-order valence-corrected chi connectivity index (χ1v) is 20.5. The smallest absolute Gasteiger partial charge is 0.109 e. The maximum absolute atomic E-state index is 7.27. The Hall–Kier alpha value is -5.07. The highest BCUT2D eigenvalue weighted by Gasteiger charge is 2.28. The molecule has 0 aromatic heterocycles. The van der Waals surface area contributed by atoms with E-state index in [0.29, 0.717) is 92.5 Å². The van der Waals surface area contributed by atoms with Crippen molar-refractivity contribution in [3.8, 4) is 33.4 Å². The zero-order valence-electron chi connectivity index (χ0n) is 35.2. The minimum atomic E-state index is 0.0698. The van der Waals surface area contributed by atoms with Gasteiger partial charge in [0.25, 0.3) is 0 Å². The van der Waals surface area contributed by atoms with Gasteiger partial charge in [0.1, 0.15) is 141 Å². The van der Waals surface area contributed by atoms with Crippen LogP contribution in [-0.2, 0) is 0 Å². The molecule has 0 heterocycles. The van der Waals surface area contributed by atoms with E-state index >= 15 is 0 Å². The summed E-state index contributed by atoms with van der Waals surface area (Å²) in [4.78, 5) is 0. The van der Waals surface area contributed by atoms with E-state index in [1.807, 2.05) is 54.6 Å². The zero-order chi connectivity index (χ0) is 47.0. The minimum absolute atomic E-state index is 0.0698. The van der Waals surface area contributed by atoms with Crippen molar-refractivity contribution in [3.63, 3.8) is 0 Å². The lowest BCUT2D eigenvalue weighted by Crippen LogP contribution is -2.48. The van der Waals surface area contributed by atoms with Gasteiger partial charge in [-0.15, -0.1) is 10.9 Å². The lowest BCUT2D eigenvalue weighted by molar-refractivity contribution is 1.63. The van der Waals surface area contributed by atoms with E-state index in [1.165, 1.54) is 0 Å². The SMILES string of the molecule is [B]c1c([B])c2c([B])c([B])c3c([B])c([B])c(-c4ccc(-c5ccc6ccccc6c5)c(-c5c([B])c([B])c6c([B])c([B])c7c([B])c([B])c([B])c8c([B])c([B])c5c6c78)c4)c4c([B])c([B])c(c1[B])c2c34. The second-order valence-corrected chi connectivity index (χ2v) is 17.0. The van der Waals surface area contributed by atoms with Crippen LogP contribution >= 0.6 is 0 Å². The molecule has 18 heteroatoms. The normalized spacial score (nSPS) is 12.1. The van der Waals surface area contributed by atoms with E-state index in [0.717, 1.165) is 16.3 Å². The quantitative estimate of drug-likeness (QED) is 0.124. The predicted molar refractivity (Wildman–Crippen MR) is 305 cm³/mol. The average Bonchev–Trinajstić information content (AvgIpc) is 3.30. The van der Waals surface area contributed by atoms with Crippen LogP contribution < -0.4 is 98.3 Å². The van der Waals surface area contributed by atoms with Crippen LogP contribution in [0.3, 0.4) is 0 Å². The Morgan fingerprint density at radius 2 is 0.515 bits per heavy atom. The fourth-order valence-corrected chi connectivity index (χ4v) is 10.6. The summed E-state index contributed by atoms with van der Waals surface area (Å²) in [5.41, 5.74) is 5.41. The van der Waals surface area contributed by atoms with Crippen LogP contribution in [0.15, 0.2) is 60.7 Å². The van der Waals surface area contributed by atoms with Crippen molar-refractivity contribution < 1.29 is 0 Å². The Morgan fingerprint density at radius 1 is 0.197 bits per heavy atom. The van der Waals surface area contributed by atoms with Gasteiger partial charge in [0, 0.05) is 0 Å². The molecule has 256 valence electrons. The van der Waals surface area contributed by atoms with Crippen LogP contribution in [0.5, 0.6) is 0 Å². The van der Waals surface area contributed by atoms with Gasteiger partial charge in [-0.3, -0.25) is 0 Å². The molecular weight excluding hydrogens is 771 g/mol. The van der Waals surface area contributed by atoms with E-state index in [2.05, 4.69) is 6.07 Å². The summed E-state index contributed by atoms with van der Waals surface area (Å²) in [6.45, 7) is 0. The van der Waals surface area contributed by atoms with Crippen molar-refractivity contribution in [1.82, 2.24) is 0 Å². The molecule has 0 aliphatic rings. The van der Waals surface area contributed by atoms with E-state index in [9.17, 15) is 0 Å². The van der Waals surface area contributed by atoms with Crippen molar-refractivity contribution in [1.29, 1.82) is 0 Å². The second-order valence-electron chi connectivity index (χ2n) is 17.0. The molecule has 0 atom stereocenters. The fourth-order valence-electron chi connectivity index (χ4n) is 10.6. The third-order valence-electron chi connectivity index (χ3n) is 13.8. The summed E-state index contributed by atoms with van der Waals surface area (Å²) in [6.07, 6.45) is 0. The Kier molecular flexibility index (Phi) is 9.70. The highest BCUT2D eigenvalue weighted by Crippen LogP contribution is 2.42. The third-order valence-corrected chi connectivity index (χ3v) is 13.8. The van der Waals surface area contributed by atoms with E-state index in [-0.39, 0.29) is 98.3 Å². The molecule has 0 spiro atoms. The van der Waals surface area contributed by atoms with Crippen LogP contribution in [0.4, 0.5) is 0 Å². The molecule has 11 rings (SSSR count). The van der Waals surface area contributed by atoms with Gasteiger partial charge in [-0.25, -0.2) is 0 Å². The number of rotatable bonds is 3. The lowest BCUT2D eigenvalue weighted by Gasteiger charge is -2.31. The number of hydrogen-bond acceptors (Lipinski definition) is 0. The molecule has 0 amide bonds. The van der Waals surface area contributed by atoms with Crippen molar-refractivity contribution in [3.05, 3.63) is 60.7 Å². The molecule has 0 saturated carbocycles. The first-order valence-electron chi connectivity index (χ1n) is 20.5. The molecule has 0 nitrogen and oxygen atoms in total. The third kappa shape index (κ3) is 5.37. The maximum atomic E-state index is 7.27. The molecule has 0 unspecified atom stereocenters. The van der Waals surface area contributed by atoms with Crippen LogP contribution in [0.2, 0.25) is 0 Å². The minimum Gasteiger partial charge on any atom is -0.109 e. The molecule has 36 radical (unpaired) electrons. The van der Waals surface area contributed by atoms with Gasteiger partial charge in [0.05, 0.1) is 0 Å². The summed E-state index contributed by atoms with van der Waals surface area (Å²) in [7, 11) is 123. The van der Waals surface area contributed by atoms with Crippen molar-refractivity contribution >= 4 is 315 Å². The molecule has 0 fully saturated rings. The molecule has 11 aromatic carbocycles. The first-order chi connectivity index (χ1) is 31.3. The van der Waals surface area contributed by atoms with Gasteiger partial charge in [0.2, 0.25) is 0 Å². The molecule has 0 saturated heterocycles. The standard InChI is InChI=1S/C48H10B18/c49-31-17(23-19-21-27(37(55)33(23)51)43(61)47(65)45(63)29(21)41(59)39(57)25(19)35(31)53)14-7-8-15(13-6-5-11-3-1-2-4-12(11)9-13)16(10-14)18-24-20-22-28(38(56)34(24)52)44(62)48(66)46(64)30(22)42(60)40(58)26(20)36(54)32(18)50/h1-10H.